The molecule has 12 heavy (non-hydrogen) atoms. The maximum absolute atomic E-state index is 8.12. The third-order valence-corrected chi connectivity index (χ3v) is 1.16. The van der Waals surface area contributed by atoms with Crippen LogP contribution in [0.5, 0.6) is 0 Å². The molecule has 0 radical (unpaired) electrons. The van der Waals surface area contributed by atoms with Gasteiger partial charge in [-0.3, -0.25) is 4.98 Å². The molecule has 3 heteroatoms. The standard InChI is InChI=1S/C8H9N.CO2/c1-3-8-4-5-9-7(2)6-8;2-1-3/h3-6H,1H2,2H3;. The molecule has 0 N–H and O–H groups in total. The van der Waals surface area contributed by atoms with Gasteiger partial charge in [0.1, 0.15) is 0 Å². The first-order chi connectivity index (χ1) is 5.74. The Labute approximate surface area is 70.8 Å². The fourth-order valence-electron chi connectivity index (χ4n) is 0.694. The second-order valence-corrected chi connectivity index (χ2v) is 2.02. The molecule has 0 saturated carbocycles. The summed E-state index contributed by atoms with van der Waals surface area (Å²) in [6, 6.07) is 3.92. The van der Waals surface area contributed by atoms with Crippen molar-refractivity contribution in [3.05, 3.63) is 36.2 Å². The number of hydrogen-bond acceptors (Lipinski definition) is 3. The number of pyridine rings is 1. The number of aryl methyl sites for hydroxylation is 1. The summed E-state index contributed by atoms with van der Waals surface area (Å²) in [5.41, 5.74) is 2.16. The zero-order chi connectivity index (χ0) is 9.40. The van der Waals surface area contributed by atoms with E-state index in [4.69, 9.17) is 9.59 Å². The minimum Gasteiger partial charge on any atom is -0.262 e. The first-order valence-electron chi connectivity index (χ1n) is 3.29. The smallest absolute Gasteiger partial charge is 0.262 e. The van der Waals surface area contributed by atoms with Crippen LogP contribution in [-0.4, -0.2) is 11.1 Å². The Morgan fingerprint density at radius 1 is 1.58 bits per heavy atom. The van der Waals surface area contributed by atoms with Crippen LogP contribution in [0.1, 0.15) is 11.3 Å². The third kappa shape index (κ3) is 4.14. The minimum atomic E-state index is 0.250. The van der Waals surface area contributed by atoms with Crippen LogP contribution in [0.2, 0.25) is 0 Å². The van der Waals surface area contributed by atoms with Crippen LogP contribution in [0, 0.1) is 6.92 Å². The van der Waals surface area contributed by atoms with Gasteiger partial charge in [0.05, 0.1) is 0 Å². The topological polar surface area (TPSA) is 47.0 Å². The highest BCUT2D eigenvalue weighted by atomic mass is 16.2. The molecule has 62 valence electrons. The average Bonchev–Trinajstić information content (AvgIpc) is 2.06. The molecule has 0 aromatic carbocycles. The summed E-state index contributed by atoms with van der Waals surface area (Å²) in [5, 5.41) is 0. The van der Waals surface area contributed by atoms with Crippen LogP contribution in [0.15, 0.2) is 24.9 Å². The fraction of sp³-hybridized carbons (Fsp3) is 0.111. The normalized spacial score (nSPS) is 7.42. The Kier molecular flexibility index (Phi) is 5.14. The molecule has 1 rings (SSSR count). The highest BCUT2D eigenvalue weighted by molar-refractivity contribution is 5.46. The number of hydrogen-bond donors (Lipinski definition) is 0. The molecule has 3 nitrogen and oxygen atoms in total. The maximum Gasteiger partial charge on any atom is 0.373 e. The Balaban J connectivity index is 0.000000354. The summed E-state index contributed by atoms with van der Waals surface area (Å²) in [7, 11) is 0. The van der Waals surface area contributed by atoms with E-state index in [9.17, 15) is 0 Å². The summed E-state index contributed by atoms with van der Waals surface area (Å²) >= 11 is 0. The van der Waals surface area contributed by atoms with Gasteiger partial charge < -0.3 is 0 Å². The Hall–Kier alpha value is -1.73. The molecule has 0 amide bonds. The summed E-state index contributed by atoms with van der Waals surface area (Å²) in [6.07, 6.45) is 3.85. The predicted octanol–water partition coefficient (Wildman–Crippen LogP) is 1.45. The van der Waals surface area contributed by atoms with E-state index in [1.807, 2.05) is 25.1 Å². The van der Waals surface area contributed by atoms with Crippen molar-refractivity contribution in [2.45, 2.75) is 6.92 Å². The maximum atomic E-state index is 8.12. The van der Waals surface area contributed by atoms with Crippen molar-refractivity contribution in [3.63, 3.8) is 0 Å². The average molecular weight is 163 g/mol. The molecule has 0 fully saturated rings. The highest BCUT2D eigenvalue weighted by Crippen LogP contribution is 2.00. The van der Waals surface area contributed by atoms with Crippen molar-refractivity contribution in [2.24, 2.45) is 0 Å². The first-order valence-corrected chi connectivity index (χ1v) is 3.29. The molecular weight excluding hydrogens is 154 g/mol. The lowest BCUT2D eigenvalue weighted by Gasteiger charge is -1.91. The molecule has 0 atom stereocenters. The van der Waals surface area contributed by atoms with Crippen LogP contribution >= 0.6 is 0 Å². The highest BCUT2D eigenvalue weighted by Gasteiger charge is 1.84. The SMILES string of the molecule is C=Cc1ccnc(C)c1.O=C=O. The van der Waals surface area contributed by atoms with Crippen molar-refractivity contribution < 1.29 is 9.59 Å². The number of carbonyl (C=O) groups excluding carboxylic acids is 2. The van der Waals surface area contributed by atoms with Gasteiger partial charge in [-0.2, -0.15) is 9.59 Å². The zero-order valence-electron chi connectivity index (χ0n) is 6.78. The van der Waals surface area contributed by atoms with Gasteiger partial charge in [-0.1, -0.05) is 12.7 Å². The molecule has 0 aliphatic heterocycles. The summed E-state index contributed by atoms with van der Waals surface area (Å²) < 4.78 is 0. The summed E-state index contributed by atoms with van der Waals surface area (Å²) in [6.45, 7) is 5.61. The van der Waals surface area contributed by atoms with Gasteiger partial charge in [-0.15, -0.1) is 0 Å². The molecule has 0 spiro atoms. The van der Waals surface area contributed by atoms with Crippen molar-refractivity contribution >= 4 is 12.2 Å². The minimum absolute atomic E-state index is 0.250. The monoisotopic (exact) mass is 163 g/mol. The Bertz CT molecular complexity index is 288. The van der Waals surface area contributed by atoms with Crippen LogP contribution in [0.4, 0.5) is 0 Å². The Morgan fingerprint density at radius 2 is 2.17 bits per heavy atom. The predicted molar refractivity (Wildman–Crippen MR) is 44.1 cm³/mol. The second-order valence-electron chi connectivity index (χ2n) is 2.02. The van der Waals surface area contributed by atoms with E-state index in [2.05, 4.69) is 11.6 Å². The van der Waals surface area contributed by atoms with Gasteiger partial charge in [0, 0.05) is 11.9 Å². The largest absolute Gasteiger partial charge is 0.373 e. The molecule has 0 aliphatic carbocycles. The number of nitrogens with zero attached hydrogens (tertiary/aromatic N) is 1. The van der Waals surface area contributed by atoms with Gasteiger partial charge in [-0.25, -0.2) is 0 Å². The van der Waals surface area contributed by atoms with E-state index in [1.165, 1.54) is 0 Å². The van der Waals surface area contributed by atoms with E-state index in [0.717, 1.165) is 11.3 Å². The van der Waals surface area contributed by atoms with E-state index in [0.29, 0.717) is 0 Å². The quantitative estimate of drug-likeness (QED) is 0.629. The molecule has 1 aromatic rings. The summed E-state index contributed by atoms with van der Waals surface area (Å²) in [4.78, 5) is 20.3. The molecule has 0 bridgehead atoms. The lowest BCUT2D eigenvalue weighted by molar-refractivity contribution is -0.191. The Morgan fingerprint density at radius 3 is 2.50 bits per heavy atom. The second kappa shape index (κ2) is 6.01. The van der Waals surface area contributed by atoms with Crippen molar-refractivity contribution in [1.82, 2.24) is 4.98 Å². The lowest BCUT2D eigenvalue weighted by Crippen LogP contribution is -1.78. The van der Waals surface area contributed by atoms with Crippen molar-refractivity contribution in [1.29, 1.82) is 0 Å². The molecule has 1 aromatic heterocycles. The van der Waals surface area contributed by atoms with Gasteiger partial charge in [0.2, 0.25) is 0 Å². The van der Waals surface area contributed by atoms with E-state index < -0.39 is 0 Å². The van der Waals surface area contributed by atoms with Crippen LogP contribution in [0.3, 0.4) is 0 Å². The zero-order valence-corrected chi connectivity index (χ0v) is 6.78. The van der Waals surface area contributed by atoms with Crippen molar-refractivity contribution in [2.75, 3.05) is 0 Å². The van der Waals surface area contributed by atoms with Gasteiger partial charge >= 0.3 is 6.15 Å². The van der Waals surface area contributed by atoms with Gasteiger partial charge in [-0.05, 0) is 24.6 Å². The fourth-order valence-corrected chi connectivity index (χ4v) is 0.694. The lowest BCUT2D eigenvalue weighted by atomic mass is 10.2. The molecule has 1 heterocycles. The van der Waals surface area contributed by atoms with Crippen LogP contribution in [0.25, 0.3) is 6.08 Å². The van der Waals surface area contributed by atoms with Gasteiger partial charge in [0.15, 0.2) is 0 Å². The first kappa shape index (κ1) is 10.3. The van der Waals surface area contributed by atoms with E-state index in [1.54, 1.807) is 6.20 Å². The molecule has 0 aliphatic rings. The van der Waals surface area contributed by atoms with Crippen molar-refractivity contribution in [3.8, 4) is 0 Å². The molecular formula is C9H9NO2. The number of rotatable bonds is 1. The van der Waals surface area contributed by atoms with Crippen LogP contribution in [-0.2, 0) is 9.59 Å². The van der Waals surface area contributed by atoms with Crippen LogP contribution < -0.4 is 0 Å². The molecule has 0 unspecified atom stereocenters. The van der Waals surface area contributed by atoms with E-state index in [-0.39, 0.29) is 6.15 Å². The molecule has 0 saturated heterocycles. The summed E-state index contributed by atoms with van der Waals surface area (Å²) in [5.74, 6) is 0. The third-order valence-electron chi connectivity index (χ3n) is 1.16. The van der Waals surface area contributed by atoms with E-state index >= 15 is 0 Å². The number of aromatic nitrogens is 1. The van der Waals surface area contributed by atoms with Gasteiger partial charge in [0.25, 0.3) is 0 Å².